The van der Waals surface area contributed by atoms with Crippen LogP contribution in [0.1, 0.15) is 32.9 Å². The fraction of sp³-hybridized carbons (Fsp3) is 0.286. The molecule has 0 aliphatic carbocycles. The zero-order valence-corrected chi connectivity index (χ0v) is 17.5. The summed E-state index contributed by atoms with van der Waals surface area (Å²) in [6.45, 7) is 3.70. The molecule has 10 heteroatoms. The molecule has 0 bridgehead atoms. The molecule has 0 saturated carbocycles. The van der Waals surface area contributed by atoms with Crippen LogP contribution in [-0.2, 0) is 0 Å². The summed E-state index contributed by atoms with van der Waals surface area (Å²) in [5, 5.41) is 15.1. The molecule has 1 N–H and O–H groups in total. The SMILES string of the molecule is Cc1nc2sc([C@@H](c3ccccc3F)N3CCN(C(=O)c4ccco4)CC3)c(O)n2n1. The predicted molar refractivity (Wildman–Crippen MR) is 112 cm³/mol. The summed E-state index contributed by atoms with van der Waals surface area (Å²) >= 11 is 1.29. The molecule has 1 saturated heterocycles. The van der Waals surface area contributed by atoms with Gasteiger partial charge in [-0.25, -0.2) is 9.37 Å². The van der Waals surface area contributed by atoms with Crippen LogP contribution in [0.4, 0.5) is 4.39 Å². The summed E-state index contributed by atoms with van der Waals surface area (Å²) in [5.41, 5.74) is 0.463. The maximum absolute atomic E-state index is 14.8. The number of piperazine rings is 1. The smallest absolute Gasteiger partial charge is 0.289 e. The number of hydrogen-bond donors (Lipinski definition) is 1. The van der Waals surface area contributed by atoms with Gasteiger partial charge in [-0.3, -0.25) is 9.69 Å². The van der Waals surface area contributed by atoms with E-state index in [2.05, 4.69) is 15.0 Å². The maximum atomic E-state index is 14.8. The van der Waals surface area contributed by atoms with Gasteiger partial charge in [-0.15, -0.1) is 5.10 Å². The highest BCUT2D eigenvalue weighted by Crippen LogP contribution is 2.41. The summed E-state index contributed by atoms with van der Waals surface area (Å²) < 4.78 is 21.4. The monoisotopic (exact) mass is 441 g/mol. The number of amides is 1. The first-order valence-electron chi connectivity index (χ1n) is 9.89. The van der Waals surface area contributed by atoms with Crippen molar-refractivity contribution >= 4 is 22.2 Å². The Bertz CT molecular complexity index is 1230. The highest BCUT2D eigenvalue weighted by atomic mass is 32.1. The Balaban J connectivity index is 1.47. The number of aromatic nitrogens is 3. The van der Waals surface area contributed by atoms with Crippen LogP contribution in [-0.4, -0.2) is 61.6 Å². The Morgan fingerprint density at radius 1 is 1.19 bits per heavy atom. The Labute approximate surface area is 181 Å². The molecule has 1 aromatic carbocycles. The molecular formula is C21H20FN5O3S. The molecule has 8 nitrogen and oxygen atoms in total. The second-order valence-corrected chi connectivity index (χ2v) is 8.38. The quantitative estimate of drug-likeness (QED) is 0.524. The van der Waals surface area contributed by atoms with Crippen LogP contribution >= 0.6 is 11.3 Å². The first-order valence-corrected chi connectivity index (χ1v) is 10.7. The highest BCUT2D eigenvalue weighted by Gasteiger charge is 2.34. The van der Waals surface area contributed by atoms with Gasteiger partial charge >= 0.3 is 0 Å². The Morgan fingerprint density at radius 3 is 2.65 bits per heavy atom. The molecule has 1 amide bonds. The number of rotatable bonds is 4. The normalized spacial score (nSPS) is 16.1. The van der Waals surface area contributed by atoms with E-state index in [-0.39, 0.29) is 17.6 Å². The molecule has 1 aliphatic rings. The van der Waals surface area contributed by atoms with Crippen LogP contribution in [0.3, 0.4) is 0 Å². The number of halogens is 1. The van der Waals surface area contributed by atoms with Crippen LogP contribution in [0.2, 0.25) is 0 Å². The van der Waals surface area contributed by atoms with Crippen molar-refractivity contribution in [3.63, 3.8) is 0 Å². The Kier molecular flexibility index (Phi) is 4.95. The van der Waals surface area contributed by atoms with Gasteiger partial charge in [0.1, 0.15) is 11.6 Å². The van der Waals surface area contributed by atoms with E-state index in [4.69, 9.17) is 4.42 Å². The second kappa shape index (κ2) is 7.78. The van der Waals surface area contributed by atoms with Crippen molar-refractivity contribution in [2.24, 2.45) is 0 Å². The molecule has 0 spiro atoms. The zero-order valence-electron chi connectivity index (χ0n) is 16.7. The molecule has 0 unspecified atom stereocenters. The zero-order chi connectivity index (χ0) is 21.5. The van der Waals surface area contributed by atoms with Gasteiger partial charge in [-0.2, -0.15) is 4.52 Å². The lowest BCUT2D eigenvalue weighted by molar-refractivity contribution is 0.0565. The summed E-state index contributed by atoms with van der Waals surface area (Å²) in [4.78, 5) is 21.9. The third kappa shape index (κ3) is 3.47. The topological polar surface area (TPSA) is 87.1 Å². The summed E-state index contributed by atoms with van der Waals surface area (Å²) in [7, 11) is 0. The van der Waals surface area contributed by atoms with Crippen LogP contribution < -0.4 is 0 Å². The molecule has 1 atom stereocenters. The van der Waals surface area contributed by atoms with Crippen molar-refractivity contribution < 1.29 is 18.7 Å². The number of furan rings is 1. The number of hydrogen-bond acceptors (Lipinski definition) is 7. The third-order valence-corrected chi connectivity index (χ3v) is 6.52. The van der Waals surface area contributed by atoms with Crippen molar-refractivity contribution in [3.8, 4) is 5.88 Å². The van der Waals surface area contributed by atoms with E-state index in [0.29, 0.717) is 53.2 Å². The van der Waals surface area contributed by atoms with Gasteiger partial charge < -0.3 is 14.4 Å². The Morgan fingerprint density at radius 2 is 1.97 bits per heavy atom. The minimum absolute atomic E-state index is 0.0389. The van der Waals surface area contributed by atoms with Crippen LogP contribution in [0.5, 0.6) is 5.88 Å². The van der Waals surface area contributed by atoms with Crippen molar-refractivity contribution in [1.82, 2.24) is 24.4 Å². The maximum Gasteiger partial charge on any atom is 0.289 e. The summed E-state index contributed by atoms with van der Waals surface area (Å²) in [5.74, 6) is 0.307. The van der Waals surface area contributed by atoms with Crippen molar-refractivity contribution in [1.29, 1.82) is 0 Å². The van der Waals surface area contributed by atoms with Gasteiger partial charge in [0.2, 0.25) is 10.8 Å². The largest absolute Gasteiger partial charge is 0.492 e. The number of fused-ring (bicyclic) bond motifs is 1. The van der Waals surface area contributed by atoms with Crippen LogP contribution in [0, 0.1) is 12.7 Å². The molecule has 3 aromatic heterocycles. The summed E-state index contributed by atoms with van der Waals surface area (Å²) in [6.07, 6.45) is 1.48. The average molecular weight is 441 g/mol. The van der Waals surface area contributed by atoms with E-state index >= 15 is 0 Å². The summed E-state index contributed by atoms with van der Waals surface area (Å²) in [6, 6.07) is 9.37. The number of carbonyl (C=O) groups excluding carboxylic acids is 1. The molecule has 4 aromatic rings. The van der Waals surface area contributed by atoms with Crippen LogP contribution in [0.25, 0.3) is 4.96 Å². The second-order valence-electron chi connectivity index (χ2n) is 7.37. The molecule has 1 fully saturated rings. The van der Waals surface area contributed by atoms with E-state index in [1.54, 1.807) is 42.2 Å². The lowest BCUT2D eigenvalue weighted by Gasteiger charge is -2.38. The van der Waals surface area contributed by atoms with Gasteiger partial charge in [-0.1, -0.05) is 29.5 Å². The number of aryl methyl sites for hydroxylation is 1. The standard InChI is InChI=1S/C21H20FN5O3S/c1-13-23-21-27(24-13)20(29)18(31-21)17(14-5-2-3-6-15(14)22)25-8-10-26(11-9-25)19(28)16-7-4-12-30-16/h2-7,12,17,29H,8-11H2,1H3/t17-/m1/s1. The molecule has 31 heavy (non-hydrogen) atoms. The van der Waals surface area contributed by atoms with Crippen molar-refractivity contribution in [3.05, 3.63) is 70.5 Å². The van der Waals surface area contributed by atoms with Gasteiger partial charge in [0.15, 0.2) is 5.76 Å². The highest BCUT2D eigenvalue weighted by molar-refractivity contribution is 7.17. The lowest BCUT2D eigenvalue weighted by atomic mass is 10.0. The van der Waals surface area contributed by atoms with Gasteiger partial charge in [0.25, 0.3) is 5.91 Å². The van der Waals surface area contributed by atoms with E-state index in [0.717, 1.165) is 0 Å². The van der Waals surface area contributed by atoms with Gasteiger partial charge in [0, 0.05) is 31.7 Å². The molecule has 0 radical (unpaired) electrons. The molecule has 5 rings (SSSR count). The van der Waals surface area contributed by atoms with E-state index in [1.165, 1.54) is 28.2 Å². The Hall–Kier alpha value is -3.24. The number of thiazole rings is 1. The van der Waals surface area contributed by atoms with E-state index in [1.807, 2.05) is 0 Å². The average Bonchev–Trinajstić information content (AvgIpc) is 3.49. The number of carbonyl (C=O) groups is 1. The van der Waals surface area contributed by atoms with Crippen molar-refractivity contribution in [2.45, 2.75) is 13.0 Å². The minimum Gasteiger partial charge on any atom is -0.492 e. The predicted octanol–water partition coefficient (Wildman–Crippen LogP) is 3.08. The molecule has 1 aliphatic heterocycles. The molecule has 4 heterocycles. The van der Waals surface area contributed by atoms with E-state index in [9.17, 15) is 14.3 Å². The first-order chi connectivity index (χ1) is 15.0. The fourth-order valence-electron chi connectivity index (χ4n) is 3.97. The number of nitrogens with zero attached hydrogens (tertiary/aromatic N) is 5. The third-order valence-electron chi connectivity index (χ3n) is 5.45. The lowest BCUT2D eigenvalue weighted by Crippen LogP contribution is -2.49. The van der Waals surface area contributed by atoms with Gasteiger partial charge in [-0.05, 0) is 25.1 Å². The van der Waals surface area contributed by atoms with Gasteiger partial charge in [0.05, 0.1) is 17.2 Å². The first kappa shape index (κ1) is 19.7. The van der Waals surface area contributed by atoms with E-state index < -0.39 is 6.04 Å². The number of benzene rings is 1. The fourth-order valence-corrected chi connectivity index (χ4v) is 5.12. The molecule has 160 valence electrons. The number of aromatic hydroxyl groups is 1. The minimum atomic E-state index is -0.518. The van der Waals surface area contributed by atoms with Crippen LogP contribution in [0.15, 0.2) is 47.1 Å². The molecular weight excluding hydrogens is 421 g/mol. The van der Waals surface area contributed by atoms with Crippen molar-refractivity contribution in [2.75, 3.05) is 26.2 Å².